The molecule has 0 amide bonds. The van der Waals surface area contributed by atoms with E-state index in [0.29, 0.717) is 5.92 Å². The van der Waals surface area contributed by atoms with Crippen molar-refractivity contribution >= 4 is 0 Å². The molecular formula is C12H21N3. The van der Waals surface area contributed by atoms with E-state index in [4.69, 9.17) is 0 Å². The number of nitrogens with zero attached hydrogens (tertiary/aromatic N) is 1. The number of rotatable bonds is 1. The molecule has 0 aromatic carbocycles. The van der Waals surface area contributed by atoms with Gasteiger partial charge in [0, 0.05) is 29.8 Å². The van der Waals surface area contributed by atoms with Crippen LogP contribution in [-0.2, 0) is 5.41 Å². The van der Waals surface area contributed by atoms with E-state index in [1.54, 1.807) is 0 Å². The Morgan fingerprint density at radius 1 is 1.40 bits per heavy atom. The highest BCUT2D eigenvalue weighted by Crippen LogP contribution is 2.25. The third kappa shape index (κ3) is 2.40. The molecule has 15 heavy (non-hydrogen) atoms. The van der Waals surface area contributed by atoms with Crippen LogP contribution in [0.2, 0.25) is 0 Å². The minimum Gasteiger partial charge on any atom is -0.345 e. The number of imidazole rings is 1. The number of aromatic amines is 1. The molecule has 0 unspecified atom stereocenters. The molecule has 1 fully saturated rings. The van der Waals surface area contributed by atoms with Crippen molar-refractivity contribution in [2.45, 2.75) is 44.9 Å². The number of piperidine rings is 1. The molecule has 0 radical (unpaired) electrons. The lowest BCUT2D eigenvalue weighted by Gasteiger charge is -2.21. The first-order chi connectivity index (χ1) is 7.07. The van der Waals surface area contributed by atoms with Crippen LogP contribution >= 0.6 is 0 Å². The quantitative estimate of drug-likeness (QED) is 0.741. The van der Waals surface area contributed by atoms with E-state index in [1.165, 1.54) is 18.5 Å². The molecule has 2 rings (SSSR count). The maximum atomic E-state index is 4.51. The van der Waals surface area contributed by atoms with Crippen molar-refractivity contribution in [3.05, 3.63) is 17.7 Å². The minimum absolute atomic E-state index is 0.174. The second kappa shape index (κ2) is 3.97. The second-order valence-corrected chi connectivity index (χ2v) is 5.48. The summed E-state index contributed by atoms with van der Waals surface area (Å²) in [4.78, 5) is 7.98. The first kappa shape index (κ1) is 10.7. The van der Waals surface area contributed by atoms with Gasteiger partial charge in [0.2, 0.25) is 0 Å². The summed E-state index contributed by atoms with van der Waals surface area (Å²) in [6.45, 7) is 8.86. The number of nitrogens with one attached hydrogen (secondary N) is 2. The summed E-state index contributed by atoms with van der Waals surface area (Å²) in [6, 6.07) is 0. The van der Waals surface area contributed by atoms with Crippen molar-refractivity contribution in [3.63, 3.8) is 0 Å². The van der Waals surface area contributed by atoms with E-state index in [1.807, 2.05) is 6.20 Å². The van der Waals surface area contributed by atoms with Crippen LogP contribution in [0.3, 0.4) is 0 Å². The van der Waals surface area contributed by atoms with Crippen LogP contribution in [0.5, 0.6) is 0 Å². The number of hydrogen-bond acceptors (Lipinski definition) is 2. The fourth-order valence-electron chi connectivity index (χ4n) is 2.01. The molecule has 1 aromatic heterocycles. The van der Waals surface area contributed by atoms with Gasteiger partial charge in [0.05, 0.1) is 0 Å². The van der Waals surface area contributed by atoms with E-state index in [9.17, 15) is 0 Å². The molecular weight excluding hydrogens is 186 g/mol. The van der Waals surface area contributed by atoms with E-state index in [2.05, 4.69) is 36.1 Å². The van der Waals surface area contributed by atoms with E-state index < -0.39 is 0 Å². The molecule has 0 spiro atoms. The molecule has 2 N–H and O–H groups in total. The van der Waals surface area contributed by atoms with Crippen LogP contribution in [0.25, 0.3) is 0 Å². The highest BCUT2D eigenvalue weighted by atomic mass is 15.0. The average Bonchev–Trinajstić information content (AvgIpc) is 2.67. The molecule has 0 aliphatic carbocycles. The third-order valence-electron chi connectivity index (χ3n) is 3.09. The summed E-state index contributed by atoms with van der Waals surface area (Å²) in [5, 5.41) is 3.42. The highest BCUT2D eigenvalue weighted by Gasteiger charge is 2.21. The van der Waals surface area contributed by atoms with Crippen LogP contribution in [0.15, 0.2) is 6.20 Å². The third-order valence-corrected chi connectivity index (χ3v) is 3.09. The van der Waals surface area contributed by atoms with Crippen LogP contribution in [-0.4, -0.2) is 23.1 Å². The molecule has 3 heteroatoms. The van der Waals surface area contributed by atoms with Gasteiger partial charge in [-0.05, 0) is 19.4 Å². The lowest BCUT2D eigenvalue weighted by atomic mass is 9.93. The Balaban J connectivity index is 2.12. The number of aromatic nitrogens is 2. The fourth-order valence-corrected chi connectivity index (χ4v) is 2.01. The Morgan fingerprint density at radius 3 is 2.73 bits per heavy atom. The SMILES string of the molecule is CC(C)(C)c1cnc([C@H]2CCCNC2)[nH]1. The van der Waals surface area contributed by atoms with Crippen molar-refractivity contribution < 1.29 is 0 Å². The summed E-state index contributed by atoms with van der Waals surface area (Å²) in [7, 11) is 0. The lowest BCUT2D eigenvalue weighted by Crippen LogP contribution is -2.29. The normalized spacial score (nSPS) is 23.0. The first-order valence-electron chi connectivity index (χ1n) is 5.83. The predicted molar refractivity (Wildman–Crippen MR) is 62.1 cm³/mol. The van der Waals surface area contributed by atoms with Gasteiger partial charge >= 0.3 is 0 Å². The molecule has 3 nitrogen and oxygen atoms in total. The maximum Gasteiger partial charge on any atom is 0.110 e. The summed E-state index contributed by atoms with van der Waals surface area (Å²) in [6.07, 6.45) is 4.50. The number of hydrogen-bond donors (Lipinski definition) is 2. The van der Waals surface area contributed by atoms with Gasteiger partial charge in [-0.2, -0.15) is 0 Å². The van der Waals surface area contributed by atoms with E-state index in [0.717, 1.165) is 18.9 Å². The molecule has 84 valence electrons. The van der Waals surface area contributed by atoms with Crippen molar-refractivity contribution in [1.82, 2.24) is 15.3 Å². The van der Waals surface area contributed by atoms with Gasteiger partial charge in [-0.1, -0.05) is 20.8 Å². The fraction of sp³-hybridized carbons (Fsp3) is 0.750. The Morgan fingerprint density at radius 2 is 2.20 bits per heavy atom. The molecule has 1 aliphatic rings. The van der Waals surface area contributed by atoms with Crippen LogP contribution in [0.1, 0.15) is 51.0 Å². The zero-order valence-electron chi connectivity index (χ0n) is 9.93. The van der Waals surface area contributed by atoms with Gasteiger partial charge in [-0.15, -0.1) is 0 Å². The monoisotopic (exact) mass is 207 g/mol. The van der Waals surface area contributed by atoms with Gasteiger partial charge < -0.3 is 10.3 Å². The van der Waals surface area contributed by atoms with E-state index in [-0.39, 0.29) is 5.41 Å². The smallest absolute Gasteiger partial charge is 0.110 e. The van der Waals surface area contributed by atoms with Crippen LogP contribution < -0.4 is 5.32 Å². The van der Waals surface area contributed by atoms with Crippen molar-refractivity contribution in [1.29, 1.82) is 0 Å². The van der Waals surface area contributed by atoms with Gasteiger partial charge in [-0.3, -0.25) is 0 Å². The highest BCUT2D eigenvalue weighted by molar-refractivity contribution is 5.14. The van der Waals surface area contributed by atoms with Crippen molar-refractivity contribution in [2.24, 2.45) is 0 Å². The second-order valence-electron chi connectivity index (χ2n) is 5.48. The molecule has 1 aliphatic heterocycles. The van der Waals surface area contributed by atoms with Gasteiger partial charge in [-0.25, -0.2) is 4.98 Å². The largest absolute Gasteiger partial charge is 0.345 e. The predicted octanol–water partition coefficient (Wildman–Crippen LogP) is 2.17. The number of H-pyrrole nitrogens is 1. The Hall–Kier alpha value is -0.830. The Bertz CT molecular complexity index is 316. The summed E-state index contributed by atoms with van der Waals surface area (Å²) >= 11 is 0. The minimum atomic E-state index is 0.174. The maximum absolute atomic E-state index is 4.51. The molecule has 0 bridgehead atoms. The Kier molecular flexibility index (Phi) is 2.83. The van der Waals surface area contributed by atoms with Crippen molar-refractivity contribution in [2.75, 3.05) is 13.1 Å². The first-order valence-corrected chi connectivity index (χ1v) is 5.83. The summed E-state index contributed by atoms with van der Waals surface area (Å²) in [5.41, 5.74) is 1.41. The summed E-state index contributed by atoms with van der Waals surface area (Å²) < 4.78 is 0. The molecule has 2 heterocycles. The standard InChI is InChI=1S/C12H21N3/c1-12(2,3)10-8-14-11(15-10)9-5-4-6-13-7-9/h8-9,13H,4-7H2,1-3H3,(H,14,15)/t9-/m0/s1. The van der Waals surface area contributed by atoms with Crippen molar-refractivity contribution in [3.8, 4) is 0 Å². The topological polar surface area (TPSA) is 40.7 Å². The van der Waals surface area contributed by atoms with Gasteiger partial charge in [0.15, 0.2) is 0 Å². The molecule has 1 atom stereocenters. The zero-order valence-corrected chi connectivity index (χ0v) is 9.93. The van der Waals surface area contributed by atoms with E-state index >= 15 is 0 Å². The Labute approximate surface area is 91.7 Å². The molecule has 1 aromatic rings. The van der Waals surface area contributed by atoms with Crippen LogP contribution in [0, 0.1) is 0 Å². The van der Waals surface area contributed by atoms with Crippen LogP contribution in [0.4, 0.5) is 0 Å². The summed E-state index contributed by atoms with van der Waals surface area (Å²) in [5.74, 6) is 1.74. The molecule has 0 saturated carbocycles. The van der Waals surface area contributed by atoms with Gasteiger partial charge in [0.1, 0.15) is 5.82 Å². The average molecular weight is 207 g/mol. The zero-order chi connectivity index (χ0) is 10.9. The van der Waals surface area contributed by atoms with Gasteiger partial charge in [0.25, 0.3) is 0 Å². The molecule has 1 saturated heterocycles. The lowest BCUT2D eigenvalue weighted by molar-refractivity contribution is 0.447.